The minimum absolute atomic E-state index is 0.000593. The maximum absolute atomic E-state index is 12.4. The van der Waals surface area contributed by atoms with Crippen LogP contribution in [-0.2, 0) is 6.54 Å². The second-order valence-corrected chi connectivity index (χ2v) is 5.93. The Balaban J connectivity index is 1.83. The first kappa shape index (κ1) is 13.4. The van der Waals surface area contributed by atoms with Gasteiger partial charge in [-0.05, 0) is 31.7 Å². The van der Waals surface area contributed by atoms with Gasteiger partial charge in [0, 0.05) is 25.0 Å². The van der Waals surface area contributed by atoms with E-state index in [-0.39, 0.29) is 11.6 Å². The van der Waals surface area contributed by atoms with E-state index >= 15 is 0 Å². The van der Waals surface area contributed by atoms with Crippen molar-refractivity contribution >= 4 is 5.52 Å². The van der Waals surface area contributed by atoms with Gasteiger partial charge in [-0.15, -0.1) is 0 Å². The lowest BCUT2D eigenvalue weighted by Crippen LogP contribution is -2.38. The largest absolute Gasteiger partial charge is 0.326 e. The molecule has 1 saturated carbocycles. The van der Waals surface area contributed by atoms with E-state index in [0.717, 1.165) is 5.69 Å². The lowest BCUT2D eigenvalue weighted by molar-refractivity contribution is 0.283. The molecule has 1 aliphatic carbocycles. The summed E-state index contributed by atoms with van der Waals surface area (Å²) >= 11 is 0. The Morgan fingerprint density at radius 3 is 2.85 bits per heavy atom. The van der Waals surface area contributed by atoms with E-state index in [2.05, 4.69) is 5.10 Å². The smallest absolute Gasteiger partial charge is 0.276 e. The Kier molecular flexibility index (Phi) is 3.61. The number of nitrogens with two attached hydrogens (primary N) is 1. The number of hydrogen-bond donors (Lipinski definition) is 1. The molecule has 0 saturated heterocycles. The van der Waals surface area contributed by atoms with Gasteiger partial charge < -0.3 is 10.3 Å². The van der Waals surface area contributed by atoms with Crippen molar-refractivity contribution < 1.29 is 0 Å². The zero-order valence-corrected chi connectivity index (χ0v) is 12.0. The molecule has 20 heavy (non-hydrogen) atoms. The van der Waals surface area contributed by atoms with Crippen LogP contribution in [0.15, 0.2) is 23.3 Å². The second-order valence-electron chi connectivity index (χ2n) is 5.93. The Bertz CT molecular complexity index is 651. The van der Waals surface area contributed by atoms with Crippen molar-refractivity contribution in [3.63, 3.8) is 0 Å². The zero-order chi connectivity index (χ0) is 14.1. The Hall–Kier alpha value is -1.62. The Morgan fingerprint density at radius 1 is 1.35 bits per heavy atom. The van der Waals surface area contributed by atoms with Gasteiger partial charge in [-0.2, -0.15) is 5.10 Å². The third-order valence-corrected chi connectivity index (χ3v) is 4.39. The summed E-state index contributed by atoms with van der Waals surface area (Å²) in [6.45, 7) is 2.49. The molecular formula is C15H22N4O. The first-order valence-electron chi connectivity index (χ1n) is 7.46. The molecule has 0 aromatic carbocycles. The molecule has 1 aliphatic rings. The Morgan fingerprint density at radius 2 is 2.10 bits per heavy atom. The van der Waals surface area contributed by atoms with Crippen molar-refractivity contribution in [3.05, 3.63) is 34.5 Å². The first-order valence-corrected chi connectivity index (χ1v) is 7.46. The molecule has 108 valence electrons. The standard InChI is InChI=1S/C15H22N4O/c1-11-9-14-15(20)18(7-8-19(14)17-11)10-13(16)12-5-3-2-4-6-12/h7-9,12-13H,2-6,10,16H2,1H3. The van der Waals surface area contributed by atoms with Crippen LogP contribution in [0.3, 0.4) is 0 Å². The van der Waals surface area contributed by atoms with Crippen LogP contribution in [0.4, 0.5) is 0 Å². The summed E-state index contributed by atoms with van der Waals surface area (Å²) in [5, 5.41) is 4.26. The number of aromatic nitrogens is 3. The lowest BCUT2D eigenvalue weighted by atomic mass is 9.84. The van der Waals surface area contributed by atoms with Crippen LogP contribution in [-0.4, -0.2) is 20.2 Å². The van der Waals surface area contributed by atoms with Crippen molar-refractivity contribution in [2.75, 3.05) is 0 Å². The summed E-state index contributed by atoms with van der Waals surface area (Å²) in [5.74, 6) is 0.554. The van der Waals surface area contributed by atoms with E-state index in [1.165, 1.54) is 32.1 Å². The molecule has 1 atom stereocenters. The molecule has 2 aromatic rings. The molecule has 1 unspecified atom stereocenters. The zero-order valence-electron chi connectivity index (χ0n) is 12.0. The highest BCUT2D eigenvalue weighted by atomic mass is 16.1. The van der Waals surface area contributed by atoms with Gasteiger partial charge in [0.1, 0.15) is 5.52 Å². The van der Waals surface area contributed by atoms with Gasteiger partial charge in [0.05, 0.1) is 5.69 Å². The van der Waals surface area contributed by atoms with Gasteiger partial charge in [-0.1, -0.05) is 19.3 Å². The average molecular weight is 274 g/mol. The fourth-order valence-electron chi connectivity index (χ4n) is 3.23. The highest BCUT2D eigenvalue weighted by Crippen LogP contribution is 2.26. The van der Waals surface area contributed by atoms with Crippen LogP contribution in [0.25, 0.3) is 5.52 Å². The number of hydrogen-bond acceptors (Lipinski definition) is 3. The topological polar surface area (TPSA) is 65.3 Å². The minimum atomic E-state index is -0.000593. The van der Waals surface area contributed by atoms with E-state index in [9.17, 15) is 4.79 Å². The lowest BCUT2D eigenvalue weighted by Gasteiger charge is -2.27. The average Bonchev–Trinajstić information content (AvgIpc) is 2.84. The molecule has 5 heteroatoms. The van der Waals surface area contributed by atoms with E-state index < -0.39 is 0 Å². The molecular weight excluding hydrogens is 252 g/mol. The summed E-state index contributed by atoms with van der Waals surface area (Å²) in [6.07, 6.45) is 9.89. The SMILES string of the molecule is Cc1cc2c(=O)n(CC(N)C3CCCCC3)ccn2n1. The molecule has 2 aromatic heterocycles. The predicted octanol–water partition coefficient (Wildman–Crippen LogP) is 1.71. The number of aryl methyl sites for hydroxylation is 1. The summed E-state index contributed by atoms with van der Waals surface area (Å²) in [5.41, 5.74) is 7.80. The quantitative estimate of drug-likeness (QED) is 0.926. The maximum Gasteiger partial charge on any atom is 0.276 e. The third-order valence-electron chi connectivity index (χ3n) is 4.39. The van der Waals surface area contributed by atoms with Gasteiger partial charge in [-0.25, -0.2) is 4.52 Å². The van der Waals surface area contributed by atoms with Gasteiger partial charge in [0.25, 0.3) is 5.56 Å². The van der Waals surface area contributed by atoms with E-state index in [1.54, 1.807) is 15.3 Å². The van der Waals surface area contributed by atoms with Gasteiger partial charge in [0.15, 0.2) is 0 Å². The number of rotatable bonds is 3. The minimum Gasteiger partial charge on any atom is -0.326 e. The van der Waals surface area contributed by atoms with E-state index in [1.807, 2.05) is 19.2 Å². The molecule has 0 aliphatic heterocycles. The molecule has 2 N–H and O–H groups in total. The number of nitrogens with zero attached hydrogens (tertiary/aromatic N) is 3. The van der Waals surface area contributed by atoms with Gasteiger partial charge in [0.2, 0.25) is 0 Å². The highest BCUT2D eigenvalue weighted by Gasteiger charge is 2.21. The van der Waals surface area contributed by atoms with Gasteiger partial charge >= 0.3 is 0 Å². The monoisotopic (exact) mass is 274 g/mol. The van der Waals surface area contributed by atoms with E-state index in [4.69, 9.17) is 5.73 Å². The molecule has 0 spiro atoms. The first-order chi connectivity index (χ1) is 9.65. The van der Waals surface area contributed by atoms with Crippen LogP contribution < -0.4 is 11.3 Å². The van der Waals surface area contributed by atoms with Gasteiger partial charge in [-0.3, -0.25) is 4.79 Å². The molecule has 2 heterocycles. The van der Waals surface area contributed by atoms with Crippen LogP contribution in [0.5, 0.6) is 0 Å². The van der Waals surface area contributed by atoms with Crippen molar-refractivity contribution in [2.45, 2.75) is 51.6 Å². The molecule has 0 radical (unpaired) electrons. The summed E-state index contributed by atoms with van der Waals surface area (Å²) < 4.78 is 3.37. The predicted molar refractivity (Wildman–Crippen MR) is 78.7 cm³/mol. The number of fused-ring (bicyclic) bond motifs is 1. The molecule has 0 bridgehead atoms. The fourth-order valence-corrected chi connectivity index (χ4v) is 3.23. The van der Waals surface area contributed by atoms with Crippen molar-refractivity contribution in [1.82, 2.24) is 14.2 Å². The highest BCUT2D eigenvalue weighted by molar-refractivity contribution is 5.44. The summed E-state index contributed by atoms with van der Waals surface area (Å²) in [6, 6.07) is 1.89. The van der Waals surface area contributed by atoms with E-state index in [0.29, 0.717) is 18.0 Å². The molecule has 5 nitrogen and oxygen atoms in total. The Labute approximate surface area is 118 Å². The second kappa shape index (κ2) is 5.40. The summed E-state index contributed by atoms with van der Waals surface area (Å²) in [7, 11) is 0. The molecule has 0 amide bonds. The maximum atomic E-state index is 12.4. The normalized spacial score (nSPS) is 18.5. The van der Waals surface area contributed by atoms with Crippen LogP contribution in [0.1, 0.15) is 37.8 Å². The van der Waals surface area contributed by atoms with Crippen LogP contribution in [0, 0.1) is 12.8 Å². The fraction of sp³-hybridized carbons (Fsp3) is 0.600. The van der Waals surface area contributed by atoms with Crippen molar-refractivity contribution in [2.24, 2.45) is 11.7 Å². The van der Waals surface area contributed by atoms with Crippen molar-refractivity contribution in [1.29, 1.82) is 0 Å². The van der Waals surface area contributed by atoms with Crippen LogP contribution >= 0.6 is 0 Å². The molecule has 3 rings (SSSR count). The van der Waals surface area contributed by atoms with Crippen LogP contribution in [0.2, 0.25) is 0 Å². The third kappa shape index (κ3) is 2.50. The van der Waals surface area contributed by atoms with Crippen molar-refractivity contribution in [3.8, 4) is 0 Å². The molecule has 1 fully saturated rings. The summed E-state index contributed by atoms with van der Waals surface area (Å²) in [4.78, 5) is 12.4.